The highest BCUT2D eigenvalue weighted by molar-refractivity contribution is 6.87. The van der Waals surface area contributed by atoms with Crippen molar-refractivity contribution in [1.82, 2.24) is 4.57 Å². The Bertz CT molecular complexity index is 1020. The first-order valence-corrected chi connectivity index (χ1v) is 17.3. The number of ketones is 1. The van der Waals surface area contributed by atoms with Crippen LogP contribution in [0.3, 0.4) is 0 Å². The lowest BCUT2D eigenvalue weighted by atomic mass is 9.91. The van der Waals surface area contributed by atoms with E-state index in [1.165, 1.54) is 22.2 Å². The van der Waals surface area contributed by atoms with Crippen molar-refractivity contribution in [1.29, 1.82) is 0 Å². The molecule has 0 bridgehead atoms. The first-order chi connectivity index (χ1) is 13.3. The van der Waals surface area contributed by atoms with Gasteiger partial charge in [-0.05, 0) is 46.4 Å². The Hall–Kier alpha value is -1.44. The van der Waals surface area contributed by atoms with E-state index in [0.717, 1.165) is 11.7 Å². The third-order valence-electron chi connectivity index (χ3n) is 7.20. The van der Waals surface area contributed by atoms with Gasteiger partial charge in [0.25, 0.3) is 0 Å². The van der Waals surface area contributed by atoms with E-state index < -0.39 is 16.4 Å². The van der Waals surface area contributed by atoms with Crippen molar-refractivity contribution in [3.05, 3.63) is 46.8 Å². The standard InChI is InChI=1S/C24H35NO2Si2/c1-24(2,3)29(7,8)27-22-19-13-16-11-9-10-12-18(16)25(19)15-17-14-20(26)23(21(17)22)28(4,5)6/h9-13,17,22H,14-15H2,1-8H3/t17-,22-/m1/s1. The van der Waals surface area contributed by atoms with Crippen LogP contribution in [-0.4, -0.2) is 26.7 Å². The predicted molar refractivity (Wildman–Crippen MR) is 126 cm³/mol. The summed E-state index contributed by atoms with van der Waals surface area (Å²) in [4.78, 5) is 13.2. The number of para-hydroxylation sites is 1. The molecule has 1 aromatic carbocycles. The quantitative estimate of drug-likeness (QED) is 0.527. The van der Waals surface area contributed by atoms with E-state index in [4.69, 9.17) is 4.43 Å². The lowest BCUT2D eigenvalue weighted by Gasteiger charge is -2.43. The van der Waals surface area contributed by atoms with Crippen molar-refractivity contribution in [3.8, 4) is 0 Å². The molecule has 29 heavy (non-hydrogen) atoms. The van der Waals surface area contributed by atoms with Crippen molar-refractivity contribution >= 4 is 33.1 Å². The molecule has 5 heteroatoms. The van der Waals surface area contributed by atoms with Crippen LogP contribution in [0.25, 0.3) is 10.9 Å². The number of nitrogens with zero attached hydrogens (tertiary/aromatic N) is 1. The maximum absolute atomic E-state index is 13.2. The SMILES string of the molecule is CC(C)(C)[Si](C)(C)O[C@H]1C2=C([Si](C)(C)C)C(=O)C[C@@H]2Cn2c1cc1ccccc12. The van der Waals surface area contributed by atoms with Crippen LogP contribution in [-0.2, 0) is 15.8 Å². The molecule has 0 fully saturated rings. The first-order valence-electron chi connectivity index (χ1n) is 10.8. The highest BCUT2D eigenvalue weighted by Gasteiger charge is 2.49. The Morgan fingerprint density at radius 2 is 1.72 bits per heavy atom. The number of rotatable bonds is 3. The highest BCUT2D eigenvalue weighted by Crippen LogP contribution is 2.51. The van der Waals surface area contributed by atoms with Gasteiger partial charge in [-0.3, -0.25) is 4.79 Å². The number of allylic oxidation sites excluding steroid dienone is 1. The molecule has 0 saturated heterocycles. The molecule has 2 aliphatic rings. The van der Waals surface area contributed by atoms with E-state index >= 15 is 0 Å². The smallest absolute Gasteiger partial charge is 0.193 e. The van der Waals surface area contributed by atoms with E-state index in [-0.39, 0.29) is 17.1 Å². The summed E-state index contributed by atoms with van der Waals surface area (Å²) in [5.74, 6) is 0.658. The average Bonchev–Trinajstić information content (AvgIpc) is 3.10. The minimum Gasteiger partial charge on any atom is -0.405 e. The number of aromatic nitrogens is 1. The number of benzene rings is 1. The zero-order valence-electron chi connectivity index (χ0n) is 19.2. The molecule has 1 aliphatic carbocycles. The zero-order valence-corrected chi connectivity index (χ0v) is 21.2. The summed E-state index contributed by atoms with van der Waals surface area (Å²) in [6.07, 6.45) is 0.563. The molecule has 1 aliphatic heterocycles. The van der Waals surface area contributed by atoms with E-state index in [0.29, 0.717) is 12.2 Å². The minimum atomic E-state index is -2.02. The maximum Gasteiger partial charge on any atom is 0.193 e. The number of Topliss-reactive ketones (excluding diaryl/α,β-unsaturated/α-hetero) is 1. The van der Waals surface area contributed by atoms with Gasteiger partial charge in [0, 0.05) is 24.4 Å². The fraction of sp³-hybridized carbons (Fsp3) is 0.542. The van der Waals surface area contributed by atoms with Gasteiger partial charge in [0.2, 0.25) is 0 Å². The summed E-state index contributed by atoms with van der Waals surface area (Å²) in [7, 11) is -3.79. The number of carbonyl (C=O) groups excluding carboxylic acids is 1. The maximum atomic E-state index is 13.2. The van der Waals surface area contributed by atoms with Gasteiger partial charge < -0.3 is 8.99 Å². The molecule has 2 heterocycles. The molecule has 0 amide bonds. The van der Waals surface area contributed by atoms with Gasteiger partial charge in [0.1, 0.15) is 6.10 Å². The second kappa shape index (κ2) is 6.53. The topological polar surface area (TPSA) is 31.2 Å². The van der Waals surface area contributed by atoms with Crippen LogP contribution in [0.1, 0.15) is 39.0 Å². The van der Waals surface area contributed by atoms with Crippen LogP contribution < -0.4 is 0 Å². The molecule has 2 atom stereocenters. The monoisotopic (exact) mass is 425 g/mol. The number of carbonyl (C=O) groups is 1. The van der Waals surface area contributed by atoms with Gasteiger partial charge in [0.15, 0.2) is 14.1 Å². The molecule has 3 nitrogen and oxygen atoms in total. The summed E-state index contributed by atoms with van der Waals surface area (Å²) in [6.45, 7) is 19.4. The van der Waals surface area contributed by atoms with Crippen molar-refractivity contribution in [2.45, 2.75) is 77.6 Å². The van der Waals surface area contributed by atoms with E-state index in [1.807, 2.05) is 0 Å². The predicted octanol–water partition coefficient (Wildman–Crippen LogP) is 6.48. The Balaban J connectivity index is 1.96. The summed E-state index contributed by atoms with van der Waals surface area (Å²) in [6, 6.07) is 10.9. The van der Waals surface area contributed by atoms with Crippen LogP contribution in [0.2, 0.25) is 37.8 Å². The van der Waals surface area contributed by atoms with Crippen LogP contribution in [0.4, 0.5) is 0 Å². The van der Waals surface area contributed by atoms with Crippen molar-refractivity contribution in [2.75, 3.05) is 0 Å². The Labute approximate surface area is 177 Å². The Morgan fingerprint density at radius 3 is 2.34 bits per heavy atom. The van der Waals surface area contributed by atoms with Gasteiger partial charge >= 0.3 is 0 Å². The first kappa shape index (κ1) is 20.8. The van der Waals surface area contributed by atoms with Crippen molar-refractivity contribution in [2.24, 2.45) is 5.92 Å². The molecule has 156 valence electrons. The highest BCUT2D eigenvalue weighted by atomic mass is 28.4. The van der Waals surface area contributed by atoms with Crippen LogP contribution in [0.5, 0.6) is 0 Å². The van der Waals surface area contributed by atoms with E-state index in [2.05, 4.69) is 88.4 Å². The second-order valence-corrected chi connectivity index (χ2v) is 21.2. The molecule has 0 N–H and O–H groups in total. The van der Waals surface area contributed by atoms with Crippen LogP contribution in [0, 0.1) is 5.92 Å². The molecule has 4 rings (SSSR count). The normalized spacial score (nSPS) is 23.0. The fourth-order valence-electron chi connectivity index (χ4n) is 4.79. The fourth-order valence-corrected chi connectivity index (χ4v) is 8.12. The third kappa shape index (κ3) is 3.31. The van der Waals surface area contributed by atoms with Gasteiger partial charge in [0.05, 0.1) is 13.8 Å². The van der Waals surface area contributed by atoms with Gasteiger partial charge in [-0.2, -0.15) is 0 Å². The van der Waals surface area contributed by atoms with Crippen LogP contribution in [0.15, 0.2) is 41.1 Å². The van der Waals surface area contributed by atoms with Gasteiger partial charge in [-0.25, -0.2) is 0 Å². The lowest BCUT2D eigenvalue weighted by molar-refractivity contribution is -0.114. The van der Waals surface area contributed by atoms with Crippen molar-refractivity contribution in [3.63, 3.8) is 0 Å². The van der Waals surface area contributed by atoms with Gasteiger partial charge in [-0.15, -0.1) is 0 Å². The molecule has 2 aromatic rings. The molecule has 1 aromatic heterocycles. The van der Waals surface area contributed by atoms with E-state index in [1.54, 1.807) is 0 Å². The largest absolute Gasteiger partial charge is 0.405 e. The molecular weight excluding hydrogens is 390 g/mol. The minimum absolute atomic E-state index is 0.0878. The Morgan fingerprint density at radius 1 is 1.07 bits per heavy atom. The lowest BCUT2D eigenvalue weighted by Crippen LogP contribution is -2.44. The summed E-state index contributed by atoms with van der Waals surface area (Å²) in [5.41, 5.74) is 3.83. The summed E-state index contributed by atoms with van der Waals surface area (Å²) >= 11 is 0. The molecular formula is C24H35NO2Si2. The number of fused-ring (bicyclic) bond motifs is 4. The molecule has 0 spiro atoms. The summed E-state index contributed by atoms with van der Waals surface area (Å²) < 4.78 is 9.55. The zero-order chi connectivity index (χ0) is 21.4. The molecule has 0 radical (unpaired) electrons. The number of hydrogen-bond acceptors (Lipinski definition) is 2. The Kier molecular flexibility index (Phi) is 4.69. The second-order valence-electron chi connectivity index (χ2n) is 11.4. The molecule has 0 unspecified atom stereocenters. The number of hydrogen-bond donors (Lipinski definition) is 0. The van der Waals surface area contributed by atoms with Crippen molar-refractivity contribution < 1.29 is 9.22 Å². The van der Waals surface area contributed by atoms with Gasteiger partial charge in [-0.1, -0.05) is 58.6 Å². The third-order valence-corrected chi connectivity index (χ3v) is 13.7. The summed E-state index contributed by atoms with van der Waals surface area (Å²) in [5, 5.41) is 2.55. The van der Waals surface area contributed by atoms with Crippen LogP contribution >= 0.6 is 0 Å². The molecule has 0 saturated carbocycles. The van der Waals surface area contributed by atoms with E-state index in [9.17, 15) is 4.79 Å². The average molecular weight is 426 g/mol.